The maximum atomic E-state index is 11.9. The third-order valence-corrected chi connectivity index (χ3v) is 3.26. The Balaban J connectivity index is 2.17. The second kappa shape index (κ2) is 6.69. The van der Waals surface area contributed by atoms with Crippen LogP contribution in [0.3, 0.4) is 0 Å². The minimum atomic E-state index is -1.14. The third kappa shape index (κ3) is 4.71. The maximum absolute atomic E-state index is 11.9. The number of carbonyl (C=O) groups excluding carboxylic acids is 1. The standard InChI is InChI=1S/C18H21NO4/c1-18(2,3)23-17(22)19-15(16(20)21)11-13-9-6-8-12-7-4-5-10-14(12)13/h4-10,15H,11H2,1-3H3,(H,19,22)(H,20,21)/t15-/m0/s1/i1D. The Labute approximate surface area is 136 Å². The number of alkyl carbamates (subject to hydrolysis) is 1. The molecule has 0 aliphatic heterocycles. The minimum absolute atomic E-state index is 0.110. The number of carboxylic acids is 1. The van der Waals surface area contributed by atoms with Crippen molar-refractivity contribution >= 4 is 22.8 Å². The van der Waals surface area contributed by atoms with Crippen molar-refractivity contribution in [1.82, 2.24) is 5.32 Å². The molecule has 0 radical (unpaired) electrons. The van der Waals surface area contributed by atoms with Gasteiger partial charge in [-0.2, -0.15) is 0 Å². The molecule has 0 saturated heterocycles. The van der Waals surface area contributed by atoms with Gasteiger partial charge >= 0.3 is 12.1 Å². The zero-order valence-corrected chi connectivity index (χ0v) is 13.2. The van der Waals surface area contributed by atoms with Crippen molar-refractivity contribution < 1.29 is 20.8 Å². The van der Waals surface area contributed by atoms with Crippen molar-refractivity contribution in [2.75, 3.05) is 0 Å². The molecule has 0 bridgehead atoms. The van der Waals surface area contributed by atoms with Crippen molar-refractivity contribution in [3.63, 3.8) is 0 Å². The molecule has 122 valence electrons. The summed E-state index contributed by atoms with van der Waals surface area (Å²) in [5.41, 5.74) is -0.132. The first kappa shape index (κ1) is 15.3. The van der Waals surface area contributed by atoms with Gasteiger partial charge in [-0.1, -0.05) is 42.5 Å². The van der Waals surface area contributed by atoms with E-state index in [4.69, 9.17) is 6.11 Å². The molecule has 5 heteroatoms. The van der Waals surface area contributed by atoms with Gasteiger partial charge in [-0.05, 0) is 37.1 Å². The Bertz CT molecular complexity index is 739. The Morgan fingerprint density at radius 1 is 1.26 bits per heavy atom. The minimum Gasteiger partial charge on any atom is -0.480 e. The molecule has 2 N–H and O–H groups in total. The quantitative estimate of drug-likeness (QED) is 0.907. The first-order valence-corrected chi connectivity index (χ1v) is 7.30. The molecule has 0 heterocycles. The number of ether oxygens (including phenoxy) is 1. The van der Waals surface area contributed by atoms with E-state index in [1.54, 1.807) is 13.8 Å². The predicted octanol–water partition coefficient (Wildman–Crippen LogP) is 3.36. The highest BCUT2D eigenvalue weighted by Gasteiger charge is 2.24. The fraction of sp³-hybridized carbons (Fsp3) is 0.333. The van der Waals surface area contributed by atoms with E-state index in [0.717, 1.165) is 16.3 Å². The van der Waals surface area contributed by atoms with Crippen LogP contribution >= 0.6 is 0 Å². The molecule has 1 atom stereocenters. The van der Waals surface area contributed by atoms with E-state index in [9.17, 15) is 14.7 Å². The molecule has 0 unspecified atom stereocenters. The number of rotatable bonds is 4. The lowest BCUT2D eigenvalue weighted by atomic mass is 9.99. The van der Waals surface area contributed by atoms with Crippen LogP contribution in [0.4, 0.5) is 4.79 Å². The number of benzene rings is 2. The van der Waals surface area contributed by atoms with Gasteiger partial charge in [0.2, 0.25) is 0 Å². The van der Waals surface area contributed by atoms with E-state index in [1.165, 1.54) is 0 Å². The SMILES string of the molecule is [2H]CC(C)(C)OC(=O)N[C@@H](Cc1cccc2ccccc12)C(=O)O. The molecule has 0 aliphatic carbocycles. The number of hydrogen-bond acceptors (Lipinski definition) is 3. The molecule has 0 aromatic heterocycles. The molecular weight excluding hydrogens is 294 g/mol. The third-order valence-electron chi connectivity index (χ3n) is 3.26. The Kier molecular flexibility index (Phi) is 4.46. The van der Waals surface area contributed by atoms with Crippen molar-refractivity contribution in [2.45, 2.75) is 38.8 Å². The van der Waals surface area contributed by atoms with Gasteiger partial charge in [0.15, 0.2) is 0 Å². The second-order valence-electron chi connectivity index (χ2n) is 6.03. The first-order valence-electron chi connectivity index (χ1n) is 8.01. The van der Waals surface area contributed by atoms with Crippen molar-refractivity contribution in [1.29, 1.82) is 0 Å². The summed E-state index contributed by atoms with van der Waals surface area (Å²) in [5.74, 6) is -1.14. The number of fused-ring (bicyclic) bond motifs is 1. The molecule has 1 amide bonds. The average molecular weight is 316 g/mol. The highest BCUT2D eigenvalue weighted by Crippen LogP contribution is 2.20. The van der Waals surface area contributed by atoms with E-state index >= 15 is 0 Å². The number of nitrogens with one attached hydrogen (secondary N) is 1. The molecule has 0 saturated carbocycles. The predicted molar refractivity (Wildman–Crippen MR) is 88.4 cm³/mol. The maximum Gasteiger partial charge on any atom is 0.408 e. The lowest BCUT2D eigenvalue weighted by molar-refractivity contribution is -0.139. The number of carboxylic acid groups (broad SMARTS) is 1. The Hall–Kier alpha value is -2.56. The lowest BCUT2D eigenvalue weighted by Crippen LogP contribution is -2.44. The molecular formula is C18H21NO4. The molecule has 2 aromatic rings. The van der Waals surface area contributed by atoms with Gasteiger partial charge in [0.25, 0.3) is 0 Å². The van der Waals surface area contributed by atoms with Crippen LogP contribution in [-0.2, 0) is 16.0 Å². The van der Waals surface area contributed by atoms with E-state index in [0.29, 0.717) is 0 Å². The molecule has 0 spiro atoms. The smallest absolute Gasteiger partial charge is 0.408 e. The zero-order valence-electron chi connectivity index (χ0n) is 14.2. The van der Waals surface area contributed by atoms with Crippen molar-refractivity contribution in [3.8, 4) is 0 Å². The molecule has 2 aromatic carbocycles. The molecule has 0 aliphatic rings. The van der Waals surface area contributed by atoms with E-state index in [-0.39, 0.29) is 13.3 Å². The summed E-state index contributed by atoms with van der Waals surface area (Å²) in [7, 11) is 0. The monoisotopic (exact) mass is 316 g/mol. The van der Waals surface area contributed by atoms with Crippen molar-refractivity contribution in [3.05, 3.63) is 48.0 Å². The number of amides is 1. The normalized spacial score (nSPS) is 13.2. The van der Waals surface area contributed by atoms with Gasteiger partial charge in [0, 0.05) is 7.79 Å². The fourth-order valence-corrected chi connectivity index (χ4v) is 2.31. The van der Waals surface area contributed by atoms with Gasteiger partial charge in [-0.3, -0.25) is 0 Å². The van der Waals surface area contributed by atoms with Gasteiger partial charge in [0.1, 0.15) is 11.6 Å². The Morgan fingerprint density at radius 2 is 1.96 bits per heavy atom. The summed E-state index contributed by atoms with van der Waals surface area (Å²) in [5, 5.41) is 13.7. The van der Waals surface area contributed by atoms with Gasteiger partial charge in [-0.15, -0.1) is 0 Å². The first-order chi connectivity index (χ1) is 11.3. The van der Waals surface area contributed by atoms with Gasteiger partial charge < -0.3 is 15.2 Å². The van der Waals surface area contributed by atoms with E-state index < -0.39 is 23.7 Å². The van der Waals surface area contributed by atoms with Crippen molar-refractivity contribution in [2.24, 2.45) is 0 Å². The summed E-state index contributed by atoms with van der Waals surface area (Å²) >= 11 is 0. The van der Waals surface area contributed by atoms with E-state index in [1.807, 2.05) is 42.5 Å². The number of aliphatic carboxylic acids is 1. The number of hydrogen-bond donors (Lipinski definition) is 2. The highest BCUT2D eigenvalue weighted by atomic mass is 16.6. The van der Waals surface area contributed by atoms with Crippen LogP contribution < -0.4 is 5.32 Å². The summed E-state index contributed by atoms with van der Waals surface area (Å²) in [6.45, 7) is 3.08. The lowest BCUT2D eigenvalue weighted by Gasteiger charge is -2.22. The second-order valence-corrected chi connectivity index (χ2v) is 6.03. The van der Waals surface area contributed by atoms with Gasteiger partial charge in [0.05, 0.1) is 0 Å². The topological polar surface area (TPSA) is 75.6 Å². The summed E-state index contributed by atoms with van der Waals surface area (Å²) in [4.78, 5) is 23.4. The molecule has 23 heavy (non-hydrogen) atoms. The van der Waals surface area contributed by atoms with E-state index in [2.05, 4.69) is 5.32 Å². The van der Waals surface area contributed by atoms with Gasteiger partial charge in [-0.25, -0.2) is 9.59 Å². The Morgan fingerprint density at radius 3 is 2.65 bits per heavy atom. The van der Waals surface area contributed by atoms with Crippen LogP contribution in [-0.4, -0.2) is 28.8 Å². The zero-order chi connectivity index (χ0) is 17.7. The molecule has 2 rings (SSSR count). The average Bonchev–Trinajstić information content (AvgIpc) is 2.54. The summed E-state index contributed by atoms with van der Waals surface area (Å²) < 4.78 is 12.4. The van der Waals surface area contributed by atoms with Crippen LogP contribution in [0, 0.1) is 0 Å². The summed E-state index contributed by atoms with van der Waals surface area (Å²) in [6.07, 6.45) is -0.688. The van der Waals surface area contributed by atoms with Crippen LogP contribution in [0.25, 0.3) is 10.8 Å². The van der Waals surface area contributed by atoms with Crippen LogP contribution in [0.2, 0.25) is 0 Å². The highest BCUT2D eigenvalue weighted by molar-refractivity contribution is 5.87. The van der Waals surface area contributed by atoms with Crippen LogP contribution in [0.15, 0.2) is 42.5 Å². The molecule has 0 fully saturated rings. The van der Waals surface area contributed by atoms with Crippen LogP contribution in [0.5, 0.6) is 0 Å². The fourth-order valence-electron chi connectivity index (χ4n) is 2.31. The molecule has 5 nitrogen and oxygen atoms in total. The van der Waals surface area contributed by atoms with Crippen LogP contribution in [0.1, 0.15) is 27.7 Å². The summed E-state index contributed by atoms with van der Waals surface area (Å²) in [6, 6.07) is 12.2. The number of carbonyl (C=O) groups is 2. The largest absolute Gasteiger partial charge is 0.480 e.